The molecule has 1 atom stereocenters. The first-order valence-corrected chi connectivity index (χ1v) is 7.33. The van der Waals surface area contributed by atoms with E-state index in [9.17, 15) is 0 Å². The molecule has 0 spiro atoms. The molecule has 1 fully saturated rings. The maximum absolute atomic E-state index is 4.62. The summed E-state index contributed by atoms with van der Waals surface area (Å²) >= 11 is 0. The molecule has 19 heavy (non-hydrogen) atoms. The van der Waals surface area contributed by atoms with Gasteiger partial charge in [-0.15, -0.1) is 0 Å². The van der Waals surface area contributed by atoms with Crippen molar-refractivity contribution in [2.45, 2.75) is 46.7 Å². The molecule has 1 unspecified atom stereocenters. The molecule has 1 aliphatic rings. The van der Waals surface area contributed by atoms with Gasteiger partial charge in [0, 0.05) is 24.8 Å². The lowest BCUT2D eigenvalue weighted by Crippen LogP contribution is -2.46. The number of nitrogens with zero attached hydrogens (tertiary/aromatic N) is 2. The lowest BCUT2D eigenvalue weighted by molar-refractivity contribution is 0.191. The van der Waals surface area contributed by atoms with Crippen LogP contribution < -0.4 is 5.32 Å². The minimum Gasteiger partial charge on any atom is -0.312 e. The molecular formula is C16H27N3. The van der Waals surface area contributed by atoms with Crippen LogP contribution in [0.1, 0.15) is 38.6 Å². The van der Waals surface area contributed by atoms with Gasteiger partial charge >= 0.3 is 0 Å². The van der Waals surface area contributed by atoms with E-state index in [0.717, 1.165) is 31.9 Å². The maximum atomic E-state index is 4.62. The summed E-state index contributed by atoms with van der Waals surface area (Å²) in [4.78, 5) is 7.16. The molecule has 1 saturated heterocycles. The van der Waals surface area contributed by atoms with Crippen molar-refractivity contribution in [2.24, 2.45) is 5.41 Å². The van der Waals surface area contributed by atoms with E-state index in [1.54, 1.807) is 0 Å². The van der Waals surface area contributed by atoms with Crippen LogP contribution in [0.4, 0.5) is 0 Å². The highest BCUT2D eigenvalue weighted by Crippen LogP contribution is 2.22. The molecule has 2 heterocycles. The number of nitrogens with one attached hydrogen (secondary N) is 1. The van der Waals surface area contributed by atoms with E-state index >= 15 is 0 Å². The number of hydrogen-bond acceptors (Lipinski definition) is 3. The Kier molecular flexibility index (Phi) is 4.58. The predicted molar refractivity (Wildman–Crippen MR) is 80.1 cm³/mol. The maximum Gasteiger partial charge on any atom is 0.0547 e. The number of rotatable bonds is 2. The second-order valence-electron chi connectivity index (χ2n) is 6.73. The summed E-state index contributed by atoms with van der Waals surface area (Å²) in [6.45, 7) is 13.4. The zero-order chi connectivity index (χ0) is 13.9. The molecule has 0 saturated carbocycles. The molecule has 1 aromatic heterocycles. The monoisotopic (exact) mass is 261 g/mol. The van der Waals surface area contributed by atoms with E-state index in [-0.39, 0.29) is 0 Å². The molecule has 3 heteroatoms. The molecule has 1 aliphatic heterocycles. The van der Waals surface area contributed by atoms with Crippen LogP contribution in [-0.4, -0.2) is 35.6 Å². The van der Waals surface area contributed by atoms with E-state index in [1.165, 1.54) is 12.1 Å². The summed E-state index contributed by atoms with van der Waals surface area (Å²) in [7, 11) is 0. The van der Waals surface area contributed by atoms with Crippen LogP contribution in [0.5, 0.6) is 0 Å². The highest BCUT2D eigenvalue weighted by Gasteiger charge is 2.28. The average Bonchev–Trinajstić information content (AvgIpc) is 2.54. The first-order chi connectivity index (χ1) is 8.95. The SMILES string of the molecule is Cc1cccc(CN2CCCNC(C(C)(C)C)C2)n1. The number of aryl methyl sites for hydroxylation is 1. The second-order valence-corrected chi connectivity index (χ2v) is 6.73. The van der Waals surface area contributed by atoms with Gasteiger partial charge in [0.25, 0.3) is 0 Å². The third-order valence-electron chi connectivity index (χ3n) is 3.86. The zero-order valence-electron chi connectivity index (χ0n) is 12.7. The lowest BCUT2D eigenvalue weighted by Gasteiger charge is -2.33. The summed E-state index contributed by atoms with van der Waals surface area (Å²) in [5, 5.41) is 3.69. The summed E-state index contributed by atoms with van der Waals surface area (Å²) < 4.78 is 0. The van der Waals surface area contributed by atoms with Crippen molar-refractivity contribution in [1.29, 1.82) is 0 Å². The van der Waals surface area contributed by atoms with Crippen molar-refractivity contribution >= 4 is 0 Å². The van der Waals surface area contributed by atoms with Crippen LogP contribution in [0.25, 0.3) is 0 Å². The number of aromatic nitrogens is 1. The summed E-state index contributed by atoms with van der Waals surface area (Å²) in [6, 6.07) is 6.86. The fraction of sp³-hybridized carbons (Fsp3) is 0.688. The Morgan fingerprint density at radius 2 is 2.16 bits per heavy atom. The highest BCUT2D eigenvalue weighted by atomic mass is 15.2. The van der Waals surface area contributed by atoms with E-state index in [1.807, 2.05) is 0 Å². The lowest BCUT2D eigenvalue weighted by atomic mass is 9.86. The third-order valence-corrected chi connectivity index (χ3v) is 3.86. The first-order valence-electron chi connectivity index (χ1n) is 7.33. The molecule has 0 aromatic carbocycles. The van der Waals surface area contributed by atoms with Gasteiger partial charge in [0.1, 0.15) is 0 Å². The van der Waals surface area contributed by atoms with Gasteiger partial charge in [0.05, 0.1) is 5.69 Å². The fourth-order valence-corrected chi connectivity index (χ4v) is 2.63. The molecule has 2 rings (SSSR count). The quantitative estimate of drug-likeness (QED) is 0.887. The number of pyridine rings is 1. The van der Waals surface area contributed by atoms with Crippen LogP contribution in [0.2, 0.25) is 0 Å². The van der Waals surface area contributed by atoms with Gasteiger partial charge in [-0.25, -0.2) is 0 Å². The Morgan fingerprint density at radius 3 is 2.84 bits per heavy atom. The van der Waals surface area contributed by atoms with Gasteiger partial charge in [-0.1, -0.05) is 26.8 Å². The normalized spacial score (nSPS) is 22.2. The zero-order valence-corrected chi connectivity index (χ0v) is 12.7. The Morgan fingerprint density at radius 1 is 1.37 bits per heavy atom. The highest BCUT2D eigenvalue weighted by molar-refractivity contribution is 5.10. The molecule has 106 valence electrons. The third kappa shape index (κ3) is 4.29. The predicted octanol–water partition coefficient (Wildman–Crippen LogP) is 2.60. The summed E-state index contributed by atoms with van der Waals surface area (Å²) in [6.07, 6.45) is 1.22. The van der Waals surface area contributed by atoms with Crippen molar-refractivity contribution in [2.75, 3.05) is 19.6 Å². The second kappa shape index (κ2) is 6.02. The average molecular weight is 261 g/mol. The van der Waals surface area contributed by atoms with Crippen molar-refractivity contribution in [1.82, 2.24) is 15.2 Å². The molecule has 0 radical (unpaired) electrons. The van der Waals surface area contributed by atoms with Crippen LogP contribution in [0, 0.1) is 12.3 Å². The van der Waals surface area contributed by atoms with Crippen LogP contribution >= 0.6 is 0 Å². The topological polar surface area (TPSA) is 28.2 Å². The van der Waals surface area contributed by atoms with Crippen LogP contribution in [0.15, 0.2) is 18.2 Å². The van der Waals surface area contributed by atoms with Gasteiger partial charge in [-0.3, -0.25) is 9.88 Å². The standard InChI is InChI=1S/C16H27N3/c1-13-7-5-8-14(18-13)11-19-10-6-9-17-15(12-19)16(2,3)4/h5,7-8,15,17H,6,9-12H2,1-4H3. The van der Waals surface area contributed by atoms with E-state index < -0.39 is 0 Å². The minimum atomic E-state index is 0.308. The van der Waals surface area contributed by atoms with Crippen molar-refractivity contribution in [3.63, 3.8) is 0 Å². The number of hydrogen-bond donors (Lipinski definition) is 1. The molecule has 0 bridgehead atoms. The minimum absolute atomic E-state index is 0.308. The summed E-state index contributed by atoms with van der Waals surface area (Å²) in [5.74, 6) is 0. The molecule has 3 nitrogen and oxygen atoms in total. The Balaban J connectivity index is 2.02. The van der Waals surface area contributed by atoms with Gasteiger partial charge in [0.15, 0.2) is 0 Å². The van der Waals surface area contributed by atoms with Crippen LogP contribution in [0.3, 0.4) is 0 Å². The smallest absolute Gasteiger partial charge is 0.0547 e. The van der Waals surface area contributed by atoms with Gasteiger partial charge in [-0.2, -0.15) is 0 Å². The van der Waals surface area contributed by atoms with E-state index in [0.29, 0.717) is 11.5 Å². The van der Waals surface area contributed by atoms with Crippen LogP contribution in [-0.2, 0) is 6.54 Å². The largest absolute Gasteiger partial charge is 0.312 e. The fourth-order valence-electron chi connectivity index (χ4n) is 2.63. The van der Waals surface area contributed by atoms with Crippen molar-refractivity contribution in [3.8, 4) is 0 Å². The summed E-state index contributed by atoms with van der Waals surface area (Å²) in [5.41, 5.74) is 2.61. The molecule has 0 aliphatic carbocycles. The molecular weight excluding hydrogens is 234 g/mol. The van der Waals surface area contributed by atoms with E-state index in [2.05, 4.69) is 61.1 Å². The molecule has 1 N–H and O–H groups in total. The molecule has 1 aromatic rings. The van der Waals surface area contributed by atoms with E-state index in [4.69, 9.17) is 0 Å². The van der Waals surface area contributed by atoms with Gasteiger partial charge in [0.2, 0.25) is 0 Å². The first kappa shape index (κ1) is 14.5. The Labute approximate surface area is 117 Å². The van der Waals surface area contributed by atoms with Gasteiger partial charge in [-0.05, 0) is 44.0 Å². The molecule has 0 amide bonds. The van der Waals surface area contributed by atoms with Crippen molar-refractivity contribution < 1.29 is 0 Å². The van der Waals surface area contributed by atoms with Gasteiger partial charge < -0.3 is 5.32 Å². The van der Waals surface area contributed by atoms with Crippen molar-refractivity contribution in [3.05, 3.63) is 29.6 Å². The Bertz CT molecular complexity index is 409. The Hall–Kier alpha value is -0.930.